The van der Waals surface area contributed by atoms with Gasteiger partial charge in [0.25, 0.3) is 0 Å². The summed E-state index contributed by atoms with van der Waals surface area (Å²) >= 11 is 0. The molecule has 100 valence electrons. The van der Waals surface area contributed by atoms with E-state index in [1.54, 1.807) is 7.05 Å². The molecule has 0 aromatic rings. The molecule has 0 aliphatic carbocycles. The number of rotatable bonds is 9. The quantitative estimate of drug-likeness (QED) is 0.223. The van der Waals surface area contributed by atoms with Gasteiger partial charge < -0.3 is 5.32 Å². The van der Waals surface area contributed by atoms with Gasteiger partial charge in [-0.2, -0.15) is 0 Å². The van der Waals surface area contributed by atoms with Crippen molar-refractivity contribution in [3.8, 4) is 0 Å². The molecule has 17 heavy (non-hydrogen) atoms. The number of nitrogens with zero attached hydrogens (tertiary/aromatic N) is 1. The first kappa shape index (κ1) is 15.9. The zero-order valence-corrected chi connectivity index (χ0v) is 10.8. The van der Waals surface area contributed by atoms with Crippen LogP contribution in [0.5, 0.6) is 0 Å². The SMILES string of the molecule is CCN(CCCCCC(=O)NN)CC(=O)NC. The Labute approximate surface area is 103 Å². The fourth-order valence-electron chi connectivity index (χ4n) is 1.50. The van der Waals surface area contributed by atoms with Gasteiger partial charge in [-0.1, -0.05) is 13.3 Å². The highest BCUT2D eigenvalue weighted by Gasteiger charge is 2.06. The Morgan fingerprint density at radius 3 is 2.41 bits per heavy atom. The Morgan fingerprint density at radius 2 is 1.88 bits per heavy atom. The lowest BCUT2D eigenvalue weighted by Crippen LogP contribution is -2.36. The van der Waals surface area contributed by atoms with Crippen molar-refractivity contribution in [1.82, 2.24) is 15.6 Å². The second-order valence-electron chi connectivity index (χ2n) is 3.92. The summed E-state index contributed by atoms with van der Waals surface area (Å²) in [7, 11) is 1.64. The minimum Gasteiger partial charge on any atom is -0.358 e. The highest BCUT2D eigenvalue weighted by atomic mass is 16.2. The van der Waals surface area contributed by atoms with E-state index < -0.39 is 0 Å². The number of carbonyl (C=O) groups is 2. The highest BCUT2D eigenvalue weighted by molar-refractivity contribution is 5.77. The zero-order valence-electron chi connectivity index (χ0n) is 10.8. The molecule has 0 atom stereocenters. The summed E-state index contributed by atoms with van der Waals surface area (Å²) in [5.74, 6) is 4.89. The van der Waals surface area contributed by atoms with Crippen LogP contribution in [0.1, 0.15) is 32.6 Å². The molecule has 6 heteroatoms. The van der Waals surface area contributed by atoms with Crippen molar-refractivity contribution in [1.29, 1.82) is 0 Å². The summed E-state index contributed by atoms with van der Waals surface area (Å²) in [5.41, 5.74) is 2.11. The Balaban J connectivity index is 3.56. The van der Waals surface area contributed by atoms with Gasteiger partial charge in [0.1, 0.15) is 0 Å². The van der Waals surface area contributed by atoms with Crippen molar-refractivity contribution in [2.24, 2.45) is 5.84 Å². The lowest BCUT2D eigenvalue weighted by atomic mass is 10.2. The summed E-state index contributed by atoms with van der Waals surface area (Å²) in [6.07, 6.45) is 3.26. The minimum absolute atomic E-state index is 0.0364. The van der Waals surface area contributed by atoms with Crippen molar-refractivity contribution in [2.45, 2.75) is 32.6 Å². The number of unbranched alkanes of at least 4 members (excludes halogenated alkanes) is 2. The third kappa shape index (κ3) is 8.65. The Bertz CT molecular complexity index is 234. The van der Waals surface area contributed by atoms with Gasteiger partial charge in [-0.05, 0) is 25.9 Å². The summed E-state index contributed by atoms with van der Waals surface area (Å²) < 4.78 is 0. The van der Waals surface area contributed by atoms with E-state index in [9.17, 15) is 9.59 Å². The first-order valence-electron chi connectivity index (χ1n) is 6.06. The van der Waals surface area contributed by atoms with Gasteiger partial charge >= 0.3 is 0 Å². The Kier molecular flexibility index (Phi) is 9.37. The lowest BCUT2D eigenvalue weighted by Gasteiger charge is -2.18. The van der Waals surface area contributed by atoms with Crippen LogP contribution in [0, 0.1) is 0 Å². The average Bonchev–Trinajstić information content (AvgIpc) is 2.36. The first-order valence-corrected chi connectivity index (χ1v) is 6.06. The third-order valence-corrected chi connectivity index (χ3v) is 2.63. The second-order valence-corrected chi connectivity index (χ2v) is 3.92. The van der Waals surface area contributed by atoms with Gasteiger partial charge in [0.05, 0.1) is 6.54 Å². The fraction of sp³-hybridized carbons (Fsp3) is 0.818. The predicted octanol–water partition coefficient (Wildman–Crippen LogP) is -0.395. The minimum atomic E-state index is -0.122. The zero-order chi connectivity index (χ0) is 13.1. The van der Waals surface area contributed by atoms with Crippen molar-refractivity contribution in [3.63, 3.8) is 0 Å². The number of nitrogens with two attached hydrogens (primary N) is 1. The molecular weight excluding hydrogens is 220 g/mol. The maximum atomic E-state index is 11.2. The maximum Gasteiger partial charge on any atom is 0.233 e. The molecule has 0 radical (unpaired) electrons. The smallest absolute Gasteiger partial charge is 0.233 e. The molecule has 0 saturated carbocycles. The van der Waals surface area contributed by atoms with E-state index >= 15 is 0 Å². The van der Waals surface area contributed by atoms with Crippen molar-refractivity contribution in [2.75, 3.05) is 26.7 Å². The number of hydrazine groups is 1. The van der Waals surface area contributed by atoms with E-state index in [-0.39, 0.29) is 11.8 Å². The molecule has 2 amide bonds. The second kappa shape index (κ2) is 10.0. The topological polar surface area (TPSA) is 87.5 Å². The molecule has 0 aromatic carbocycles. The molecule has 0 aliphatic rings. The van der Waals surface area contributed by atoms with Gasteiger partial charge in [0, 0.05) is 13.5 Å². The molecule has 0 saturated heterocycles. The van der Waals surface area contributed by atoms with E-state index in [2.05, 4.69) is 15.6 Å². The van der Waals surface area contributed by atoms with Crippen LogP contribution in [0.4, 0.5) is 0 Å². The summed E-state index contributed by atoms with van der Waals surface area (Å²) in [5, 5.41) is 2.61. The van der Waals surface area contributed by atoms with Crippen LogP contribution in [0.25, 0.3) is 0 Å². The van der Waals surface area contributed by atoms with E-state index in [1.807, 2.05) is 6.92 Å². The number of hydrogen-bond acceptors (Lipinski definition) is 4. The largest absolute Gasteiger partial charge is 0.358 e. The van der Waals surface area contributed by atoms with Crippen LogP contribution in [0.15, 0.2) is 0 Å². The molecule has 0 spiro atoms. The number of nitrogens with one attached hydrogen (secondary N) is 2. The van der Waals surface area contributed by atoms with Crippen LogP contribution in [0.2, 0.25) is 0 Å². The van der Waals surface area contributed by atoms with Crippen LogP contribution in [-0.2, 0) is 9.59 Å². The van der Waals surface area contributed by atoms with Gasteiger partial charge in [0.2, 0.25) is 11.8 Å². The first-order chi connectivity index (χ1) is 8.13. The molecule has 0 rings (SSSR count). The standard InChI is InChI=1S/C11H24N4O2/c1-3-15(9-11(17)13-2)8-6-4-5-7-10(16)14-12/h3-9,12H2,1-2H3,(H,13,17)(H,14,16). The third-order valence-electron chi connectivity index (χ3n) is 2.63. The van der Waals surface area contributed by atoms with Crippen molar-refractivity contribution < 1.29 is 9.59 Å². The monoisotopic (exact) mass is 244 g/mol. The van der Waals surface area contributed by atoms with Gasteiger partial charge in [-0.15, -0.1) is 0 Å². The van der Waals surface area contributed by atoms with Crippen LogP contribution in [0.3, 0.4) is 0 Å². The number of carbonyl (C=O) groups excluding carboxylic acids is 2. The van der Waals surface area contributed by atoms with Crippen LogP contribution in [-0.4, -0.2) is 43.4 Å². The summed E-state index contributed by atoms with van der Waals surface area (Å²) in [6.45, 7) is 4.21. The van der Waals surface area contributed by atoms with Crippen LogP contribution < -0.4 is 16.6 Å². The number of likely N-dealkylation sites (N-methyl/N-ethyl adjacent to an activating group) is 2. The van der Waals surface area contributed by atoms with E-state index in [1.165, 1.54) is 0 Å². The molecule has 0 heterocycles. The predicted molar refractivity (Wildman–Crippen MR) is 67.0 cm³/mol. The molecule has 6 nitrogen and oxygen atoms in total. The van der Waals surface area contributed by atoms with E-state index in [0.29, 0.717) is 13.0 Å². The molecule has 0 bridgehead atoms. The van der Waals surface area contributed by atoms with Gasteiger partial charge in [-0.25, -0.2) is 5.84 Å². The van der Waals surface area contributed by atoms with E-state index in [4.69, 9.17) is 5.84 Å². The molecule has 0 aromatic heterocycles. The number of amides is 2. The molecular formula is C11H24N4O2. The normalized spacial score (nSPS) is 10.4. The molecule has 0 unspecified atom stereocenters. The highest BCUT2D eigenvalue weighted by Crippen LogP contribution is 2.01. The lowest BCUT2D eigenvalue weighted by molar-refractivity contribution is -0.122. The Hall–Kier alpha value is -1.14. The van der Waals surface area contributed by atoms with Gasteiger partial charge in [-0.3, -0.25) is 19.9 Å². The van der Waals surface area contributed by atoms with Crippen molar-refractivity contribution >= 4 is 11.8 Å². The van der Waals surface area contributed by atoms with E-state index in [0.717, 1.165) is 32.4 Å². The summed E-state index contributed by atoms with van der Waals surface area (Å²) in [6, 6.07) is 0. The van der Waals surface area contributed by atoms with Gasteiger partial charge in [0.15, 0.2) is 0 Å². The average molecular weight is 244 g/mol. The maximum absolute atomic E-state index is 11.2. The Morgan fingerprint density at radius 1 is 1.18 bits per heavy atom. The molecule has 4 N–H and O–H groups in total. The molecule has 0 aliphatic heterocycles. The number of hydrogen-bond donors (Lipinski definition) is 3. The molecule has 0 fully saturated rings. The summed E-state index contributed by atoms with van der Waals surface area (Å²) in [4.78, 5) is 24.1. The van der Waals surface area contributed by atoms with Crippen molar-refractivity contribution in [3.05, 3.63) is 0 Å². The van der Waals surface area contributed by atoms with Crippen LogP contribution >= 0.6 is 0 Å². The fourth-order valence-corrected chi connectivity index (χ4v) is 1.50.